The highest BCUT2D eigenvalue weighted by Gasteiger charge is 2.18. The maximum absolute atomic E-state index is 5.88. The van der Waals surface area contributed by atoms with Crippen LogP contribution in [-0.2, 0) is 19.4 Å². The fraction of sp³-hybridized carbons (Fsp3) is 0.444. The number of rotatable bonds is 6. The molecule has 1 nitrogen and oxygen atoms in total. The molecule has 2 rings (SSSR count). The van der Waals surface area contributed by atoms with Crippen LogP contribution in [0.2, 0.25) is 0 Å². The molecule has 0 aliphatic rings. The minimum absolute atomic E-state index is 0.725. The van der Waals surface area contributed by atoms with E-state index < -0.39 is 0 Å². The average Bonchev–Trinajstić information content (AvgIpc) is 2.77. The summed E-state index contributed by atoms with van der Waals surface area (Å²) in [5, 5.41) is 0. The SMILES string of the molecule is CCc1c(-c2ccccc2)c(CC)n(CCCCl)c1C. The van der Waals surface area contributed by atoms with Crippen LogP contribution < -0.4 is 0 Å². The van der Waals surface area contributed by atoms with Crippen molar-refractivity contribution >= 4 is 11.6 Å². The van der Waals surface area contributed by atoms with Gasteiger partial charge in [0.1, 0.15) is 0 Å². The van der Waals surface area contributed by atoms with Gasteiger partial charge in [-0.2, -0.15) is 0 Å². The molecule has 0 bridgehead atoms. The Bertz CT molecular complexity index is 555. The maximum Gasteiger partial charge on any atom is 0.0256 e. The predicted molar refractivity (Wildman–Crippen MR) is 88.7 cm³/mol. The van der Waals surface area contributed by atoms with Crippen LogP contribution in [0.15, 0.2) is 30.3 Å². The summed E-state index contributed by atoms with van der Waals surface area (Å²) in [5.74, 6) is 0.725. The van der Waals surface area contributed by atoms with E-state index in [1.807, 2.05) is 0 Å². The zero-order chi connectivity index (χ0) is 14.5. The lowest BCUT2D eigenvalue weighted by molar-refractivity contribution is 0.638. The zero-order valence-corrected chi connectivity index (χ0v) is 13.5. The zero-order valence-electron chi connectivity index (χ0n) is 12.7. The van der Waals surface area contributed by atoms with Crippen LogP contribution in [0.3, 0.4) is 0 Å². The van der Waals surface area contributed by atoms with Crippen molar-refractivity contribution < 1.29 is 0 Å². The fourth-order valence-electron chi connectivity index (χ4n) is 3.12. The molecule has 2 aromatic rings. The molecule has 0 spiro atoms. The Morgan fingerprint density at radius 2 is 1.75 bits per heavy atom. The predicted octanol–water partition coefficient (Wildman–Crippen LogP) is 5.22. The fourth-order valence-corrected chi connectivity index (χ4v) is 3.24. The molecule has 1 aromatic heterocycles. The number of halogens is 1. The summed E-state index contributed by atoms with van der Waals surface area (Å²) >= 11 is 5.88. The number of benzene rings is 1. The summed E-state index contributed by atoms with van der Waals surface area (Å²) in [4.78, 5) is 0. The van der Waals surface area contributed by atoms with Crippen LogP contribution in [0.25, 0.3) is 11.1 Å². The number of hydrogen-bond donors (Lipinski definition) is 0. The Labute approximate surface area is 127 Å². The molecule has 0 fully saturated rings. The van der Waals surface area contributed by atoms with E-state index in [9.17, 15) is 0 Å². The van der Waals surface area contributed by atoms with Gasteiger partial charge in [-0.25, -0.2) is 0 Å². The van der Waals surface area contributed by atoms with Gasteiger partial charge in [-0.15, -0.1) is 11.6 Å². The third-order valence-electron chi connectivity index (χ3n) is 4.02. The minimum Gasteiger partial charge on any atom is -0.348 e. The van der Waals surface area contributed by atoms with Gasteiger partial charge in [0.25, 0.3) is 0 Å². The Morgan fingerprint density at radius 1 is 1.05 bits per heavy atom. The van der Waals surface area contributed by atoms with Gasteiger partial charge in [-0.1, -0.05) is 44.2 Å². The van der Waals surface area contributed by atoms with Gasteiger partial charge in [0, 0.05) is 29.4 Å². The smallest absolute Gasteiger partial charge is 0.0256 e. The van der Waals surface area contributed by atoms with Gasteiger partial charge in [-0.3, -0.25) is 0 Å². The lowest BCUT2D eigenvalue weighted by Gasteiger charge is -2.11. The third kappa shape index (κ3) is 2.78. The first-order valence-electron chi connectivity index (χ1n) is 7.56. The maximum atomic E-state index is 5.88. The molecule has 0 amide bonds. The number of hydrogen-bond acceptors (Lipinski definition) is 0. The van der Waals surface area contributed by atoms with E-state index >= 15 is 0 Å². The Morgan fingerprint density at radius 3 is 2.30 bits per heavy atom. The summed E-state index contributed by atoms with van der Waals surface area (Å²) in [7, 11) is 0. The molecular weight excluding hydrogens is 266 g/mol. The van der Waals surface area contributed by atoms with Gasteiger partial charge in [0.15, 0.2) is 0 Å². The van der Waals surface area contributed by atoms with E-state index in [4.69, 9.17) is 11.6 Å². The van der Waals surface area contributed by atoms with Crippen molar-refractivity contribution in [2.45, 2.75) is 46.6 Å². The number of nitrogens with zero attached hydrogens (tertiary/aromatic N) is 1. The van der Waals surface area contributed by atoms with Crippen molar-refractivity contribution in [1.29, 1.82) is 0 Å². The summed E-state index contributed by atoms with van der Waals surface area (Å²) in [6, 6.07) is 10.8. The largest absolute Gasteiger partial charge is 0.348 e. The van der Waals surface area contributed by atoms with Crippen molar-refractivity contribution in [2.24, 2.45) is 0 Å². The second-order valence-corrected chi connectivity index (χ2v) is 5.53. The molecule has 0 unspecified atom stereocenters. The van der Waals surface area contributed by atoms with Crippen LogP contribution >= 0.6 is 11.6 Å². The first-order chi connectivity index (χ1) is 9.74. The minimum atomic E-state index is 0.725. The molecule has 1 heterocycles. The van der Waals surface area contributed by atoms with Gasteiger partial charge in [0.05, 0.1) is 0 Å². The highest BCUT2D eigenvalue weighted by molar-refractivity contribution is 6.17. The standard InChI is InChI=1S/C18H24ClN/c1-4-16-14(3)20(13-9-12-19)17(5-2)18(16)15-10-7-6-8-11-15/h6-8,10-11H,4-5,9,12-13H2,1-3H3. The van der Waals surface area contributed by atoms with Crippen molar-refractivity contribution in [1.82, 2.24) is 4.57 Å². The molecule has 0 aliphatic carbocycles. The molecule has 20 heavy (non-hydrogen) atoms. The Hall–Kier alpha value is -1.21. The molecule has 0 saturated heterocycles. The van der Waals surface area contributed by atoms with Crippen LogP contribution in [0.1, 0.15) is 37.2 Å². The average molecular weight is 290 g/mol. The lowest BCUT2D eigenvalue weighted by Crippen LogP contribution is -2.05. The van der Waals surface area contributed by atoms with Gasteiger partial charge in [0.2, 0.25) is 0 Å². The van der Waals surface area contributed by atoms with E-state index in [1.165, 1.54) is 28.1 Å². The first-order valence-corrected chi connectivity index (χ1v) is 8.10. The molecule has 0 saturated carbocycles. The van der Waals surface area contributed by atoms with Gasteiger partial charge >= 0.3 is 0 Å². The highest BCUT2D eigenvalue weighted by atomic mass is 35.5. The van der Waals surface area contributed by atoms with Crippen molar-refractivity contribution in [3.05, 3.63) is 47.3 Å². The van der Waals surface area contributed by atoms with Crippen LogP contribution in [0.5, 0.6) is 0 Å². The van der Waals surface area contributed by atoms with Crippen molar-refractivity contribution in [2.75, 3.05) is 5.88 Å². The molecule has 0 N–H and O–H groups in total. The van der Waals surface area contributed by atoms with Crippen molar-refractivity contribution in [3.8, 4) is 11.1 Å². The number of alkyl halides is 1. The Balaban J connectivity index is 2.60. The third-order valence-corrected chi connectivity index (χ3v) is 4.29. The van der Waals surface area contributed by atoms with Crippen LogP contribution in [0, 0.1) is 6.92 Å². The molecule has 2 heteroatoms. The highest BCUT2D eigenvalue weighted by Crippen LogP contribution is 2.33. The van der Waals surface area contributed by atoms with E-state index in [2.05, 4.69) is 55.7 Å². The normalized spacial score (nSPS) is 11.0. The van der Waals surface area contributed by atoms with Gasteiger partial charge < -0.3 is 4.57 Å². The molecule has 0 radical (unpaired) electrons. The molecule has 0 atom stereocenters. The molecule has 1 aromatic carbocycles. The number of aromatic nitrogens is 1. The summed E-state index contributed by atoms with van der Waals surface area (Å²) < 4.78 is 2.48. The van der Waals surface area contributed by atoms with E-state index in [1.54, 1.807) is 0 Å². The Kier molecular flexibility index (Phi) is 5.31. The van der Waals surface area contributed by atoms with Gasteiger partial charge in [-0.05, 0) is 37.3 Å². The van der Waals surface area contributed by atoms with E-state index in [-0.39, 0.29) is 0 Å². The molecule has 108 valence electrons. The quantitative estimate of drug-likeness (QED) is 0.643. The second kappa shape index (κ2) is 6.99. The summed E-state index contributed by atoms with van der Waals surface area (Å²) in [5.41, 5.74) is 7.14. The summed E-state index contributed by atoms with van der Waals surface area (Å²) in [6.07, 6.45) is 3.17. The second-order valence-electron chi connectivity index (χ2n) is 5.15. The molecule has 0 aliphatic heterocycles. The summed E-state index contributed by atoms with van der Waals surface area (Å²) in [6.45, 7) is 7.77. The lowest BCUT2D eigenvalue weighted by atomic mass is 9.98. The monoisotopic (exact) mass is 289 g/mol. The molecular formula is C18H24ClN. The topological polar surface area (TPSA) is 4.93 Å². The first kappa shape index (κ1) is 15.2. The van der Waals surface area contributed by atoms with Crippen LogP contribution in [0.4, 0.5) is 0 Å². The van der Waals surface area contributed by atoms with Crippen LogP contribution in [-0.4, -0.2) is 10.4 Å². The van der Waals surface area contributed by atoms with E-state index in [0.29, 0.717) is 0 Å². The van der Waals surface area contributed by atoms with E-state index in [0.717, 1.165) is 31.7 Å². The van der Waals surface area contributed by atoms with Crippen molar-refractivity contribution in [3.63, 3.8) is 0 Å².